The molecule has 1 rings (SSSR count). The van der Waals surface area contributed by atoms with Crippen molar-refractivity contribution in [3.8, 4) is 0 Å². The zero-order chi connectivity index (χ0) is 13.5. The highest BCUT2D eigenvalue weighted by Gasteiger charge is 2.06. The van der Waals surface area contributed by atoms with Crippen molar-refractivity contribution in [3.63, 3.8) is 0 Å². The molecule has 0 saturated heterocycles. The average Bonchev–Trinajstić information content (AvgIpc) is 2.35. The second-order valence-electron chi connectivity index (χ2n) is 4.16. The summed E-state index contributed by atoms with van der Waals surface area (Å²) in [6, 6.07) is 7.01. The highest BCUT2D eigenvalue weighted by molar-refractivity contribution is 5.95. The van der Waals surface area contributed by atoms with Crippen molar-refractivity contribution in [3.05, 3.63) is 29.8 Å². The summed E-state index contributed by atoms with van der Waals surface area (Å²) in [7, 11) is 1.85. The average molecular weight is 249 g/mol. The molecule has 0 radical (unpaired) electrons. The Hall–Kier alpha value is -1.88. The second-order valence-corrected chi connectivity index (χ2v) is 4.16. The molecule has 0 fully saturated rings. The molecule has 0 aliphatic heterocycles. The Labute approximate surface area is 107 Å². The van der Waals surface area contributed by atoms with Crippen LogP contribution in [-0.2, 0) is 4.79 Å². The first-order valence-corrected chi connectivity index (χ1v) is 5.86. The van der Waals surface area contributed by atoms with Gasteiger partial charge >= 0.3 is 0 Å². The molecule has 98 valence electrons. The van der Waals surface area contributed by atoms with Crippen LogP contribution in [0.25, 0.3) is 0 Å². The smallest absolute Gasteiger partial charge is 0.251 e. The lowest BCUT2D eigenvalue weighted by molar-refractivity contribution is -0.114. The molecule has 2 amide bonds. The van der Waals surface area contributed by atoms with E-state index in [0.717, 1.165) is 0 Å². The molecule has 0 bridgehead atoms. The third kappa shape index (κ3) is 4.55. The van der Waals surface area contributed by atoms with E-state index in [-0.39, 0.29) is 17.9 Å². The molecule has 5 nitrogen and oxygen atoms in total. The Morgan fingerprint density at radius 1 is 1.22 bits per heavy atom. The quantitative estimate of drug-likeness (QED) is 0.728. The minimum absolute atomic E-state index is 0.119. The summed E-state index contributed by atoms with van der Waals surface area (Å²) in [6.07, 6.45) is 0. The molecule has 1 atom stereocenters. The van der Waals surface area contributed by atoms with E-state index < -0.39 is 0 Å². The number of likely N-dealkylation sites (N-methyl/N-ethyl adjacent to an activating group) is 1. The van der Waals surface area contributed by atoms with Crippen LogP contribution in [0.3, 0.4) is 0 Å². The second kappa shape index (κ2) is 6.76. The number of carbonyl (C=O) groups is 2. The number of hydrogen-bond donors (Lipinski definition) is 3. The van der Waals surface area contributed by atoms with Crippen LogP contribution >= 0.6 is 0 Å². The first-order chi connectivity index (χ1) is 8.52. The van der Waals surface area contributed by atoms with Crippen LogP contribution in [0.2, 0.25) is 0 Å². The Balaban J connectivity index is 2.56. The van der Waals surface area contributed by atoms with Gasteiger partial charge in [-0.2, -0.15) is 0 Å². The number of carbonyl (C=O) groups excluding carboxylic acids is 2. The third-order valence-electron chi connectivity index (χ3n) is 2.53. The van der Waals surface area contributed by atoms with Gasteiger partial charge in [-0.15, -0.1) is 0 Å². The van der Waals surface area contributed by atoms with Crippen LogP contribution in [0.4, 0.5) is 5.69 Å². The molecule has 0 spiro atoms. The van der Waals surface area contributed by atoms with Crippen LogP contribution in [0.5, 0.6) is 0 Å². The van der Waals surface area contributed by atoms with E-state index >= 15 is 0 Å². The van der Waals surface area contributed by atoms with Gasteiger partial charge in [0.15, 0.2) is 0 Å². The molecule has 5 heteroatoms. The summed E-state index contributed by atoms with van der Waals surface area (Å²) < 4.78 is 0. The van der Waals surface area contributed by atoms with E-state index in [1.165, 1.54) is 6.92 Å². The van der Waals surface area contributed by atoms with Crippen molar-refractivity contribution in [1.29, 1.82) is 0 Å². The number of nitrogens with one attached hydrogen (secondary N) is 3. The Bertz CT molecular complexity index is 415. The fourth-order valence-electron chi connectivity index (χ4n) is 1.36. The largest absolute Gasteiger partial charge is 0.350 e. The number of benzene rings is 1. The minimum Gasteiger partial charge on any atom is -0.350 e. The maximum Gasteiger partial charge on any atom is 0.251 e. The van der Waals surface area contributed by atoms with Gasteiger partial charge in [-0.3, -0.25) is 9.59 Å². The number of amides is 2. The maximum absolute atomic E-state index is 11.8. The van der Waals surface area contributed by atoms with Gasteiger partial charge in [-0.25, -0.2) is 0 Å². The first kappa shape index (κ1) is 14.2. The van der Waals surface area contributed by atoms with E-state index in [1.807, 2.05) is 14.0 Å². The fourth-order valence-corrected chi connectivity index (χ4v) is 1.36. The van der Waals surface area contributed by atoms with Gasteiger partial charge in [-0.1, -0.05) is 0 Å². The predicted molar refractivity (Wildman–Crippen MR) is 71.6 cm³/mol. The predicted octanol–water partition coefficient (Wildman–Crippen LogP) is 0.983. The van der Waals surface area contributed by atoms with Crippen LogP contribution < -0.4 is 16.0 Å². The molecule has 18 heavy (non-hydrogen) atoms. The lowest BCUT2D eigenvalue weighted by Crippen LogP contribution is -2.37. The summed E-state index contributed by atoms with van der Waals surface area (Å²) in [5.41, 5.74) is 1.26. The minimum atomic E-state index is -0.130. The Kier molecular flexibility index (Phi) is 5.32. The SMILES string of the molecule is CNC(C)CNC(=O)c1ccc(NC(C)=O)cc1. The molecule has 0 heterocycles. The molecule has 1 aromatic carbocycles. The monoisotopic (exact) mass is 249 g/mol. The Morgan fingerprint density at radius 2 is 1.83 bits per heavy atom. The first-order valence-electron chi connectivity index (χ1n) is 5.86. The zero-order valence-corrected chi connectivity index (χ0v) is 10.9. The van der Waals surface area contributed by atoms with Crippen molar-refractivity contribution in [2.75, 3.05) is 18.9 Å². The van der Waals surface area contributed by atoms with Crippen LogP contribution in [0.15, 0.2) is 24.3 Å². The molecule has 0 aromatic heterocycles. The fraction of sp³-hybridized carbons (Fsp3) is 0.385. The van der Waals surface area contributed by atoms with E-state index in [2.05, 4.69) is 16.0 Å². The molecule has 0 saturated carbocycles. The summed E-state index contributed by atoms with van der Waals surface area (Å²) in [6.45, 7) is 4.00. The number of rotatable bonds is 5. The molecular weight excluding hydrogens is 230 g/mol. The van der Waals surface area contributed by atoms with Crippen molar-refractivity contribution < 1.29 is 9.59 Å². The third-order valence-corrected chi connectivity index (χ3v) is 2.53. The topological polar surface area (TPSA) is 70.2 Å². The van der Waals surface area contributed by atoms with E-state index in [4.69, 9.17) is 0 Å². The molecule has 3 N–H and O–H groups in total. The van der Waals surface area contributed by atoms with Crippen molar-refractivity contribution in [1.82, 2.24) is 10.6 Å². The van der Waals surface area contributed by atoms with Crippen molar-refractivity contribution >= 4 is 17.5 Å². The standard InChI is InChI=1S/C13H19N3O2/c1-9(14-3)8-15-13(18)11-4-6-12(7-5-11)16-10(2)17/h4-7,9,14H,8H2,1-3H3,(H,15,18)(H,16,17). The van der Waals surface area contributed by atoms with E-state index in [0.29, 0.717) is 17.8 Å². The number of hydrogen-bond acceptors (Lipinski definition) is 3. The van der Waals surface area contributed by atoms with Crippen molar-refractivity contribution in [2.45, 2.75) is 19.9 Å². The maximum atomic E-state index is 11.8. The van der Waals surface area contributed by atoms with E-state index in [9.17, 15) is 9.59 Å². The summed E-state index contributed by atoms with van der Waals surface area (Å²) >= 11 is 0. The molecular formula is C13H19N3O2. The normalized spacial score (nSPS) is 11.7. The van der Waals surface area contributed by atoms with Gasteiger partial charge in [0.2, 0.25) is 5.91 Å². The summed E-state index contributed by atoms with van der Waals surface area (Å²) in [5.74, 6) is -0.249. The number of anilines is 1. The molecule has 0 aliphatic rings. The van der Waals surface area contributed by atoms with Gasteiger partial charge in [-0.05, 0) is 38.2 Å². The molecule has 1 aromatic rings. The Morgan fingerprint density at radius 3 is 2.33 bits per heavy atom. The molecule has 0 aliphatic carbocycles. The lowest BCUT2D eigenvalue weighted by atomic mass is 10.2. The highest BCUT2D eigenvalue weighted by atomic mass is 16.2. The highest BCUT2D eigenvalue weighted by Crippen LogP contribution is 2.09. The summed E-state index contributed by atoms with van der Waals surface area (Å²) in [5, 5.41) is 8.51. The van der Waals surface area contributed by atoms with Gasteiger partial charge in [0.1, 0.15) is 0 Å². The van der Waals surface area contributed by atoms with Crippen LogP contribution in [0.1, 0.15) is 24.2 Å². The van der Waals surface area contributed by atoms with Gasteiger partial charge in [0, 0.05) is 30.8 Å². The van der Waals surface area contributed by atoms with Crippen molar-refractivity contribution in [2.24, 2.45) is 0 Å². The van der Waals surface area contributed by atoms with Crippen LogP contribution in [0, 0.1) is 0 Å². The zero-order valence-electron chi connectivity index (χ0n) is 10.9. The van der Waals surface area contributed by atoms with E-state index in [1.54, 1.807) is 24.3 Å². The van der Waals surface area contributed by atoms with Gasteiger partial charge in [0.25, 0.3) is 5.91 Å². The van der Waals surface area contributed by atoms with Crippen LogP contribution in [-0.4, -0.2) is 31.4 Å². The lowest BCUT2D eigenvalue weighted by Gasteiger charge is -2.11. The van der Waals surface area contributed by atoms with Gasteiger partial charge < -0.3 is 16.0 Å². The van der Waals surface area contributed by atoms with Gasteiger partial charge in [0.05, 0.1) is 0 Å². The molecule has 1 unspecified atom stereocenters. The summed E-state index contributed by atoms with van der Waals surface area (Å²) in [4.78, 5) is 22.6.